The van der Waals surface area contributed by atoms with Gasteiger partial charge in [0.15, 0.2) is 11.5 Å². The molecule has 0 spiro atoms. The molecule has 0 unspecified atom stereocenters. The Morgan fingerprint density at radius 1 is 0.895 bits per heavy atom. The molecular weight excluding hydrogens is 476 g/mol. The van der Waals surface area contributed by atoms with Crippen LogP contribution in [-0.4, -0.2) is 45.2 Å². The lowest BCUT2D eigenvalue weighted by atomic mass is 9.94. The van der Waals surface area contributed by atoms with Crippen LogP contribution < -0.4 is 0 Å². The first kappa shape index (κ1) is 23.5. The highest BCUT2D eigenvalue weighted by molar-refractivity contribution is 5.85. The van der Waals surface area contributed by atoms with Crippen molar-refractivity contribution in [1.82, 2.24) is 40.1 Å². The van der Waals surface area contributed by atoms with Gasteiger partial charge in [-0.1, -0.05) is 37.3 Å². The second kappa shape index (κ2) is 9.51. The van der Waals surface area contributed by atoms with Crippen molar-refractivity contribution in [3.63, 3.8) is 0 Å². The summed E-state index contributed by atoms with van der Waals surface area (Å²) in [6.07, 6.45) is 2.67. The third-order valence-corrected chi connectivity index (χ3v) is 6.71. The van der Waals surface area contributed by atoms with Gasteiger partial charge in [-0.3, -0.25) is 4.98 Å². The van der Waals surface area contributed by atoms with Crippen LogP contribution in [0.5, 0.6) is 5.75 Å². The van der Waals surface area contributed by atoms with E-state index >= 15 is 0 Å². The Labute approximate surface area is 219 Å². The molecule has 9 heteroatoms. The molecule has 4 heterocycles. The van der Waals surface area contributed by atoms with Crippen molar-refractivity contribution < 1.29 is 5.11 Å². The van der Waals surface area contributed by atoms with E-state index in [0.717, 1.165) is 68.2 Å². The Morgan fingerprint density at radius 3 is 2.47 bits per heavy atom. The smallest absolute Gasteiger partial charge is 0.180 e. The standard InChI is InChI=1S/C29H26N8O/c1-4-26-32-27-17(2)13-18(3)31-29(27)37(26)16-21-11-9-20(15-30-21)24-14-19(22-7-5-6-8-25(22)38)10-12-23(24)28-33-35-36-34-28/h5-15,38H,4,16H2,1-3H3,(H,33,34,35,36). The summed E-state index contributed by atoms with van der Waals surface area (Å²) >= 11 is 0. The summed E-state index contributed by atoms with van der Waals surface area (Å²) in [5.41, 5.74) is 9.12. The minimum absolute atomic E-state index is 0.222. The second-order valence-electron chi connectivity index (χ2n) is 9.29. The number of rotatable bonds is 6. The summed E-state index contributed by atoms with van der Waals surface area (Å²) in [4.78, 5) is 14.4. The molecule has 0 saturated heterocycles. The topological polar surface area (TPSA) is 118 Å². The number of aromatic hydroxyl groups is 1. The fraction of sp³-hybridized carbons (Fsp3) is 0.172. The van der Waals surface area contributed by atoms with Gasteiger partial charge in [-0.25, -0.2) is 15.1 Å². The zero-order chi connectivity index (χ0) is 26.2. The van der Waals surface area contributed by atoms with Crippen LogP contribution in [0.3, 0.4) is 0 Å². The van der Waals surface area contributed by atoms with Crippen molar-refractivity contribution in [3.8, 4) is 39.4 Å². The molecule has 6 aromatic rings. The maximum absolute atomic E-state index is 10.4. The number of aromatic nitrogens is 8. The van der Waals surface area contributed by atoms with Crippen molar-refractivity contribution in [2.75, 3.05) is 0 Å². The van der Waals surface area contributed by atoms with Crippen LogP contribution in [0, 0.1) is 13.8 Å². The number of nitrogens with one attached hydrogen (secondary N) is 1. The van der Waals surface area contributed by atoms with Crippen molar-refractivity contribution in [2.45, 2.75) is 33.7 Å². The number of aryl methyl sites for hydroxylation is 3. The number of hydrogen-bond acceptors (Lipinski definition) is 7. The Bertz CT molecular complexity index is 1750. The average Bonchev–Trinajstić information content (AvgIpc) is 3.58. The van der Waals surface area contributed by atoms with E-state index in [1.165, 1.54) is 0 Å². The number of tetrazole rings is 1. The first-order valence-corrected chi connectivity index (χ1v) is 12.5. The van der Waals surface area contributed by atoms with Gasteiger partial charge in [0.25, 0.3) is 0 Å². The van der Waals surface area contributed by atoms with E-state index in [-0.39, 0.29) is 5.75 Å². The van der Waals surface area contributed by atoms with Gasteiger partial charge in [-0.15, -0.1) is 5.10 Å². The molecule has 0 bridgehead atoms. The molecule has 0 aliphatic rings. The number of aromatic amines is 1. The molecule has 0 amide bonds. The molecule has 0 aliphatic carbocycles. The van der Waals surface area contributed by atoms with Crippen LogP contribution in [-0.2, 0) is 13.0 Å². The summed E-state index contributed by atoms with van der Waals surface area (Å²) in [5.74, 6) is 1.77. The Hall–Kier alpha value is -4.92. The summed E-state index contributed by atoms with van der Waals surface area (Å²) in [6, 6.07) is 19.4. The molecule has 6 rings (SSSR count). The number of imidazole rings is 1. The Kier molecular flexibility index (Phi) is 5.88. The lowest BCUT2D eigenvalue weighted by Crippen LogP contribution is -2.07. The van der Waals surface area contributed by atoms with E-state index in [2.05, 4.69) is 45.1 Å². The number of phenols is 1. The van der Waals surface area contributed by atoms with Crippen LogP contribution in [0.15, 0.2) is 66.9 Å². The maximum atomic E-state index is 10.4. The van der Waals surface area contributed by atoms with Crippen LogP contribution in [0.2, 0.25) is 0 Å². The third-order valence-electron chi connectivity index (χ3n) is 6.71. The van der Waals surface area contributed by atoms with E-state index < -0.39 is 0 Å². The Morgan fingerprint density at radius 2 is 1.74 bits per heavy atom. The Balaban J connectivity index is 1.40. The molecule has 0 atom stereocenters. The normalized spacial score (nSPS) is 11.3. The largest absolute Gasteiger partial charge is 0.507 e. The van der Waals surface area contributed by atoms with Gasteiger partial charge in [0, 0.05) is 35.0 Å². The van der Waals surface area contributed by atoms with E-state index in [9.17, 15) is 5.11 Å². The van der Waals surface area contributed by atoms with E-state index in [1.54, 1.807) is 6.07 Å². The fourth-order valence-electron chi connectivity index (χ4n) is 4.87. The maximum Gasteiger partial charge on any atom is 0.180 e. The quantitative estimate of drug-likeness (QED) is 0.318. The summed E-state index contributed by atoms with van der Waals surface area (Å²) < 4.78 is 2.15. The zero-order valence-electron chi connectivity index (χ0n) is 21.3. The molecule has 4 aromatic heterocycles. The highest BCUT2D eigenvalue weighted by Crippen LogP contribution is 2.36. The molecular formula is C29H26N8O. The number of benzene rings is 2. The van der Waals surface area contributed by atoms with Gasteiger partial charge in [-0.2, -0.15) is 0 Å². The van der Waals surface area contributed by atoms with Gasteiger partial charge in [0.2, 0.25) is 0 Å². The molecule has 0 aliphatic heterocycles. The van der Waals surface area contributed by atoms with Crippen LogP contribution >= 0.6 is 0 Å². The van der Waals surface area contributed by atoms with E-state index in [0.29, 0.717) is 12.4 Å². The molecule has 2 N–H and O–H groups in total. The van der Waals surface area contributed by atoms with Gasteiger partial charge in [-0.05, 0) is 71.3 Å². The highest BCUT2D eigenvalue weighted by atomic mass is 16.3. The van der Waals surface area contributed by atoms with Crippen LogP contribution in [0.25, 0.3) is 44.8 Å². The number of hydrogen-bond donors (Lipinski definition) is 2. The van der Waals surface area contributed by atoms with Gasteiger partial charge in [0.1, 0.15) is 17.1 Å². The monoisotopic (exact) mass is 502 g/mol. The predicted octanol–water partition coefficient (Wildman–Crippen LogP) is 5.27. The van der Waals surface area contributed by atoms with Crippen LogP contribution in [0.1, 0.15) is 29.7 Å². The molecule has 9 nitrogen and oxygen atoms in total. The number of fused-ring (bicyclic) bond motifs is 1. The van der Waals surface area contributed by atoms with Gasteiger partial charge in [0.05, 0.1) is 12.2 Å². The lowest BCUT2D eigenvalue weighted by Gasteiger charge is -2.12. The third kappa shape index (κ3) is 4.17. The minimum Gasteiger partial charge on any atom is -0.507 e. The summed E-state index contributed by atoms with van der Waals surface area (Å²) in [7, 11) is 0. The molecule has 38 heavy (non-hydrogen) atoms. The molecule has 0 radical (unpaired) electrons. The number of H-pyrrole nitrogens is 1. The summed E-state index contributed by atoms with van der Waals surface area (Å²) in [5, 5.41) is 24.9. The molecule has 0 fully saturated rings. The number of pyridine rings is 2. The fourth-order valence-corrected chi connectivity index (χ4v) is 4.87. The van der Waals surface area contributed by atoms with E-state index in [1.807, 2.05) is 61.7 Å². The first-order valence-electron chi connectivity index (χ1n) is 12.5. The molecule has 188 valence electrons. The van der Waals surface area contributed by atoms with Crippen molar-refractivity contribution >= 4 is 11.2 Å². The molecule has 2 aromatic carbocycles. The van der Waals surface area contributed by atoms with Crippen molar-refractivity contribution in [2.24, 2.45) is 0 Å². The molecule has 0 saturated carbocycles. The number of nitrogens with zero attached hydrogens (tertiary/aromatic N) is 7. The van der Waals surface area contributed by atoms with Crippen LogP contribution in [0.4, 0.5) is 0 Å². The van der Waals surface area contributed by atoms with Gasteiger partial charge >= 0.3 is 0 Å². The second-order valence-corrected chi connectivity index (χ2v) is 9.29. The average molecular weight is 503 g/mol. The number of para-hydroxylation sites is 1. The minimum atomic E-state index is 0.222. The van der Waals surface area contributed by atoms with Crippen molar-refractivity contribution in [3.05, 3.63) is 89.6 Å². The number of phenolic OH excluding ortho intramolecular Hbond substituents is 1. The highest BCUT2D eigenvalue weighted by Gasteiger charge is 2.16. The predicted molar refractivity (Wildman–Crippen MR) is 145 cm³/mol. The van der Waals surface area contributed by atoms with E-state index in [4.69, 9.17) is 15.0 Å². The SMILES string of the molecule is CCc1nc2c(C)cc(C)nc2n1Cc1ccc(-c2cc(-c3ccccc3O)ccc2-c2nnn[nH]2)cn1. The van der Waals surface area contributed by atoms with Gasteiger partial charge < -0.3 is 9.67 Å². The van der Waals surface area contributed by atoms with Crippen molar-refractivity contribution in [1.29, 1.82) is 0 Å². The lowest BCUT2D eigenvalue weighted by molar-refractivity contribution is 0.477. The first-order chi connectivity index (χ1) is 18.5. The zero-order valence-corrected chi connectivity index (χ0v) is 21.3. The summed E-state index contributed by atoms with van der Waals surface area (Å²) in [6.45, 7) is 6.76.